The number of carbonyl (C=O) groups excluding carboxylic acids is 1. The van der Waals surface area contributed by atoms with Gasteiger partial charge in [-0.1, -0.05) is 89.4 Å². The van der Waals surface area contributed by atoms with Crippen LogP contribution in [0.3, 0.4) is 0 Å². The Kier molecular flexibility index (Phi) is 9.94. The fraction of sp³-hybridized carbons (Fsp3) is 0.763. The van der Waals surface area contributed by atoms with Gasteiger partial charge in [-0.3, -0.25) is 0 Å². The summed E-state index contributed by atoms with van der Waals surface area (Å²) in [5.41, 5.74) is -1.31. The summed E-state index contributed by atoms with van der Waals surface area (Å²) < 4.78 is 53.0. The number of benzene rings is 1. The number of methoxy groups -OCH3 is 1. The van der Waals surface area contributed by atoms with Crippen molar-refractivity contribution in [1.82, 2.24) is 0 Å². The molecule has 4 nitrogen and oxygen atoms in total. The Morgan fingerprint density at radius 3 is 2.36 bits per heavy atom. The normalized spacial score (nSPS) is 36.4. The monoisotopic (exact) mass is 632 g/mol. The van der Waals surface area contributed by atoms with Gasteiger partial charge in [-0.25, -0.2) is 4.79 Å². The van der Waals surface area contributed by atoms with Gasteiger partial charge in [0.25, 0.3) is 5.60 Å². The summed E-state index contributed by atoms with van der Waals surface area (Å²) in [5, 5.41) is 10.3. The number of halogens is 3. The molecule has 0 aromatic heterocycles. The molecule has 0 amide bonds. The Morgan fingerprint density at radius 2 is 1.69 bits per heavy atom. The van der Waals surface area contributed by atoms with Gasteiger partial charge in [-0.2, -0.15) is 13.2 Å². The second-order valence-corrected chi connectivity index (χ2v) is 15.7. The smallest absolute Gasteiger partial charge is 0.432 e. The van der Waals surface area contributed by atoms with Gasteiger partial charge < -0.3 is 14.6 Å². The quantitative estimate of drug-likeness (QED) is 0.206. The topological polar surface area (TPSA) is 55.8 Å². The third-order valence-corrected chi connectivity index (χ3v) is 13.5. The van der Waals surface area contributed by atoms with Gasteiger partial charge in [0.1, 0.15) is 0 Å². The number of hydrogen-bond acceptors (Lipinski definition) is 4. The molecule has 0 heterocycles. The van der Waals surface area contributed by atoms with Crippen LogP contribution in [0.4, 0.5) is 13.2 Å². The summed E-state index contributed by atoms with van der Waals surface area (Å²) in [5.74, 6) is 2.16. The zero-order valence-corrected chi connectivity index (χ0v) is 28.2. The Morgan fingerprint density at radius 1 is 0.978 bits per heavy atom. The van der Waals surface area contributed by atoms with Crippen molar-refractivity contribution in [3.8, 4) is 0 Å². The molecule has 7 heteroatoms. The highest BCUT2D eigenvalue weighted by atomic mass is 19.4. The molecule has 3 saturated carbocycles. The van der Waals surface area contributed by atoms with E-state index in [4.69, 9.17) is 9.47 Å². The first-order chi connectivity index (χ1) is 21.2. The molecular weight excluding hydrogens is 577 g/mol. The molecular formula is C38H55F3O4. The average Bonchev–Trinajstić information content (AvgIpc) is 3.36. The lowest BCUT2D eigenvalue weighted by atomic mass is 9.47. The summed E-state index contributed by atoms with van der Waals surface area (Å²) in [6, 6.07) is 7.00. The number of ether oxygens (including phenoxy) is 2. The third-order valence-electron chi connectivity index (χ3n) is 13.5. The van der Waals surface area contributed by atoms with E-state index in [1.165, 1.54) is 61.9 Å². The van der Waals surface area contributed by atoms with Crippen LogP contribution in [0.1, 0.15) is 104 Å². The molecule has 0 unspecified atom stereocenters. The Labute approximate surface area is 268 Å². The van der Waals surface area contributed by atoms with E-state index in [2.05, 4.69) is 33.8 Å². The van der Waals surface area contributed by atoms with E-state index in [0.29, 0.717) is 17.3 Å². The zero-order valence-electron chi connectivity index (χ0n) is 28.2. The number of carbonyl (C=O) groups is 1. The maximum Gasteiger partial charge on any atom is 0.432 e. The van der Waals surface area contributed by atoms with Crippen molar-refractivity contribution in [3.63, 3.8) is 0 Å². The van der Waals surface area contributed by atoms with E-state index in [-0.39, 0.29) is 35.5 Å². The van der Waals surface area contributed by atoms with Gasteiger partial charge in [0.2, 0.25) is 0 Å². The fourth-order valence-electron chi connectivity index (χ4n) is 10.5. The van der Waals surface area contributed by atoms with Crippen molar-refractivity contribution in [2.75, 3.05) is 13.7 Å². The molecule has 45 heavy (non-hydrogen) atoms. The first-order valence-electron chi connectivity index (χ1n) is 17.4. The summed E-state index contributed by atoms with van der Waals surface area (Å²) in [6.45, 7) is 11.4. The van der Waals surface area contributed by atoms with E-state index in [1.807, 2.05) is 6.92 Å². The number of aliphatic hydroxyl groups excluding tert-OH is 1. The number of hydrogen-bond donors (Lipinski definition) is 1. The fourth-order valence-corrected chi connectivity index (χ4v) is 10.5. The molecule has 0 spiro atoms. The molecule has 4 aliphatic carbocycles. The van der Waals surface area contributed by atoms with Gasteiger partial charge in [-0.05, 0) is 104 Å². The molecule has 11 atom stereocenters. The van der Waals surface area contributed by atoms with Crippen LogP contribution in [0.2, 0.25) is 0 Å². The maximum atomic E-state index is 14.3. The minimum absolute atomic E-state index is 0.0833. The van der Waals surface area contributed by atoms with E-state index in [0.717, 1.165) is 57.0 Å². The standard InChI is InChI=1S/C38H55F3O4/c1-24(26(3)23-45-34(43)37(44-6,38(39,40)41)27-10-8-7-9-11-27)12-13-25(2)31-16-17-32-30-15-14-28-22-29(42)18-20-35(28,4)33(30)19-21-36(31,32)5/h7-11,14,24-26,29-33,42H,12-13,15-23H2,1-6H3/t24-,25-,26-,29+,30+,31-,32+,33+,35+,36-,37+/m1/s1. The van der Waals surface area contributed by atoms with Crippen LogP contribution in [0, 0.1) is 52.3 Å². The molecule has 252 valence electrons. The van der Waals surface area contributed by atoms with Crippen molar-refractivity contribution in [1.29, 1.82) is 0 Å². The summed E-state index contributed by atoms with van der Waals surface area (Å²) >= 11 is 0. The average molecular weight is 633 g/mol. The summed E-state index contributed by atoms with van der Waals surface area (Å²) in [4.78, 5) is 13.0. The number of aliphatic hydroxyl groups is 1. The van der Waals surface area contributed by atoms with Gasteiger partial charge in [0.05, 0.1) is 12.7 Å². The highest BCUT2D eigenvalue weighted by molar-refractivity contribution is 5.82. The first kappa shape index (κ1) is 34.5. The van der Waals surface area contributed by atoms with Crippen molar-refractivity contribution in [3.05, 3.63) is 47.5 Å². The summed E-state index contributed by atoms with van der Waals surface area (Å²) in [6.07, 6.45) is 8.60. The Bertz CT molecular complexity index is 1220. The van der Waals surface area contributed by atoms with E-state index < -0.39 is 17.7 Å². The molecule has 5 rings (SSSR count). The first-order valence-corrected chi connectivity index (χ1v) is 17.4. The largest absolute Gasteiger partial charge is 0.463 e. The van der Waals surface area contributed by atoms with Crippen molar-refractivity contribution in [2.24, 2.45) is 52.3 Å². The van der Waals surface area contributed by atoms with Crippen molar-refractivity contribution >= 4 is 5.97 Å². The zero-order chi connectivity index (χ0) is 32.8. The molecule has 0 aliphatic heterocycles. The van der Waals surface area contributed by atoms with Gasteiger partial charge in [-0.15, -0.1) is 0 Å². The summed E-state index contributed by atoms with van der Waals surface area (Å²) in [7, 11) is 0.902. The van der Waals surface area contributed by atoms with Crippen LogP contribution < -0.4 is 0 Å². The Balaban J connectivity index is 1.17. The van der Waals surface area contributed by atoms with E-state index in [9.17, 15) is 23.1 Å². The lowest BCUT2D eigenvalue weighted by molar-refractivity contribution is -0.276. The minimum atomic E-state index is -4.97. The van der Waals surface area contributed by atoms with Crippen LogP contribution >= 0.6 is 0 Å². The molecule has 0 radical (unpaired) electrons. The second kappa shape index (κ2) is 13.0. The van der Waals surface area contributed by atoms with Crippen LogP contribution in [-0.4, -0.2) is 37.1 Å². The van der Waals surface area contributed by atoms with Gasteiger partial charge in [0.15, 0.2) is 0 Å². The minimum Gasteiger partial charge on any atom is -0.463 e. The van der Waals surface area contributed by atoms with E-state index in [1.54, 1.807) is 6.07 Å². The molecule has 4 aliphatic rings. The van der Waals surface area contributed by atoms with Crippen LogP contribution in [0.15, 0.2) is 42.0 Å². The molecule has 0 saturated heterocycles. The highest BCUT2D eigenvalue weighted by Crippen LogP contribution is 2.67. The lowest BCUT2D eigenvalue weighted by Gasteiger charge is -2.58. The molecule has 3 fully saturated rings. The number of allylic oxidation sites excluding steroid dienone is 1. The number of rotatable bonds is 10. The highest BCUT2D eigenvalue weighted by Gasteiger charge is 2.64. The number of alkyl halides is 3. The molecule has 1 aromatic rings. The van der Waals surface area contributed by atoms with Crippen LogP contribution in [-0.2, 0) is 19.9 Å². The van der Waals surface area contributed by atoms with Crippen molar-refractivity contribution in [2.45, 2.75) is 117 Å². The predicted molar refractivity (Wildman–Crippen MR) is 170 cm³/mol. The maximum absolute atomic E-state index is 14.3. The molecule has 1 aromatic carbocycles. The van der Waals surface area contributed by atoms with E-state index >= 15 is 0 Å². The third kappa shape index (κ3) is 6.03. The predicted octanol–water partition coefficient (Wildman–Crippen LogP) is 9.26. The second-order valence-electron chi connectivity index (χ2n) is 15.7. The van der Waals surface area contributed by atoms with Gasteiger partial charge >= 0.3 is 12.1 Å². The molecule has 1 N–H and O–H groups in total. The van der Waals surface area contributed by atoms with Crippen LogP contribution in [0.5, 0.6) is 0 Å². The lowest BCUT2D eigenvalue weighted by Crippen LogP contribution is -2.52. The Hall–Kier alpha value is -1.86. The number of esters is 1. The SMILES string of the molecule is CO[C@](C(=O)OC[C@@H](C)[C@H](C)CC[C@@H](C)[C@H]1CC[C@H]2[C@@H]3CC=C4C[C@@H](O)CC[C@]4(C)[C@H]3CC[C@]12C)(c1ccccc1)C(F)(F)F. The van der Waals surface area contributed by atoms with Gasteiger partial charge in [0, 0.05) is 12.7 Å². The van der Waals surface area contributed by atoms with Crippen LogP contribution in [0.25, 0.3) is 0 Å². The molecule has 0 bridgehead atoms. The number of fused-ring (bicyclic) bond motifs is 5. The van der Waals surface area contributed by atoms with Crippen molar-refractivity contribution < 1.29 is 32.5 Å².